The van der Waals surface area contributed by atoms with Crippen LogP contribution in [0, 0.1) is 0 Å². The van der Waals surface area contributed by atoms with E-state index in [1.54, 1.807) is 11.9 Å². The van der Waals surface area contributed by atoms with E-state index in [1.807, 2.05) is 6.92 Å². The number of anilines is 1. The Morgan fingerprint density at radius 1 is 1.44 bits per heavy atom. The van der Waals surface area contributed by atoms with Crippen LogP contribution >= 0.6 is 11.6 Å². The van der Waals surface area contributed by atoms with Gasteiger partial charge in [0.15, 0.2) is 0 Å². The molecule has 1 aromatic heterocycles. The molecule has 1 aromatic rings. The van der Waals surface area contributed by atoms with E-state index in [4.69, 9.17) is 11.6 Å². The number of halogens is 4. The van der Waals surface area contributed by atoms with E-state index in [-0.39, 0.29) is 11.9 Å². The molecule has 2 nitrogen and oxygen atoms in total. The normalized spacial score (nSPS) is 13.6. The molecule has 16 heavy (non-hydrogen) atoms. The summed E-state index contributed by atoms with van der Waals surface area (Å²) in [6.45, 7) is 1.81. The van der Waals surface area contributed by atoms with Crippen LogP contribution in [-0.2, 0) is 6.18 Å². The summed E-state index contributed by atoms with van der Waals surface area (Å²) in [6.07, 6.45) is -4.42. The summed E-state index contributed by atoms with van der Waals surface area (Å²) in [4.78, 5) is 5.17. The Morgan fingerprint density at radius 3 is 2.56 bits per heavy atom. The third-order valence-corrected chi connectivity index (χ3v) is 2.72. The summed E-state index contributed by atoms with van der Waals surface area (Å²) >= 11 is 5.63. The zero-order chi connectivity index (χ0) is 12.3. The molecule has 1 unspecified atom stereocenters. The van der Waals surface area contributed by atoms with Crippen molar-refractivity contribution >= 4 is 17.4 Å². The molecule has 0 saturated heterocycles. The van der Waals surface area contributed by atoms with Crippen LogP contribution in [0.1, 0.15) is 12.6 Å². The van der Waals surface area contributed by atoms with Gasteiger partial charge in [0.25, 0.3) is 0 Å². The summed E-state index contributed by atoms with van der Waals surface area (Å²) < 4.78 is 37.2. The van der Waals surface area contributed by atoms with Gasteiger partial charge in [0.2, 0.25) is 0 Å². The van der Waals surface area contributed by atoms with Gasteiger partial charge in [-0.2, -0.15) is 13.2 Å². The second-order valence-electron chi connectivity index (χ2n) is 3.49. The highest BCUT2D eigenvalue weighted by Crippen LogP contribution is 2.28. The topological polar surface area (TPSA) is 16.1 Å². The molecule has 0 aliphatic heterocycles. The van der Waals surface area contributed by atoms with Crippen LogP contribution in [-0.4, -0.2) is 24.0 Å². The first-order valence-electron chi connectivity index (χ1n) is 4.69. The van der Waals surface area contributed by atoms with Gasteiger partial charge in [-0.1, -0.05) is 6.07 Å². The molecule has 0 saturated carbocycles. The minimum absolute atomic E-state index is 0.0716. The Balaban J connectivity index is 2.99. The molecule has 6 heteroatoms. The lowest BCUT2D eigenvalue weighted by atomic mass is 10.3. The van der Waals surface area contributed by atoms with Gasteiger partial charge in [-0.3, -0.25) is 0 Å². The van der Waals surface area contributed by atoms with Crippen LogP contribution in [0.15, 0.2) is 18.2 Å². The highest BCUT2D eigenvalue weighted by Gasteiger charge is 2.32. The number of nitrogens with zero attached hydrogens (tertiary/aromatic N) is 2. The van der Waals surface area contributed by atoms with Crippen molar-refractivity contribution in [2.24, 2.45) is 0 Å². The van der Waals surface area contributed by atoms with Crippen molar-refractivity contribution in [3.63, 3.8) is 0 Å². The second kappa shape index (κ2) is 4.91. The van der Waals surface area contributed by atoms with Gasteiger partial charge in [0.1, 0.15) is 11.5 Å². The lowest BCUT2D eigenvalue weighted by Gasteiger charge is -2.24. The fraction of sp³-hybridized carbons (Fsp3) is 0.500. The van der Waals surface area contributed by atoms with Crippen molar-refractivity contribution in [2.45, 2.75) is 19.1 Å². The SMILES string of the molecule is CC(CCl)N(C)c1cccc(C(F)(F)F)n1. The Bertz CT molecular complexity index is 354. The van der Waals surface area contributed by atoms with Crippen LogP contribution < -0.4 is 4.90 Å². The molecule has 0 N–H and O–H groups in total. The van der Waals surface area contributed by atoms with E-state index in [0.717, 1.165) is 6.07 Å². The minimum Gasteiger partial charge on any atom is -0.356 e. The average Bonchev–Trinajstić information content (AvgIpc) is 2.26. The first kappa shape index (κ1) is 13.1. The molecular formula is C10H12ClF3N2. The number of aromatic nitrogens is 1. The monoisotopic (exact) mass is 252 g/mol. The number of alkyl halides is 4. The highest BCUT2D eigenvalue weighted by molar-refractivity contribution is 6.18. The molecule has 0 aromatic carbocycles. The Labute approximate surface area is 97.0 Å². The molecule has 0 aliphatic carbocycles. The zero-order valence-corrected chi connectivity index (χ0v) is 9.68. The number of pyridine rings is 1. The van der Waals surface area contributed by atoms with Crippen molar-refractivity contribution in [1.82, 2.24) is 4.98 Å². The van der Waals surface area contributed by atoms with E-state index in [2.05, 4.69) is 4.98 Å². The summed E-state index contributed by atoms with van der Waals surface area (Å²) in [5.41, 5.74) is -0.890. The van der Waals surface area contributed by atoms with Gasteiger partial charge >= 0.3 is 6.18 Å². The molecule has 1 heterocycles. The Hall–Kier alpha value is -0.970. The molecular weight excluding hydrogens is 241 g/mol. The van der Waals surface area contributed by atoms with Crippen LogP contribution in [0.25, 0.3) is 0 Å². The van der Waals surface area contributed by atoms with Crippen LogP contribution in [0.2, 0.25) is 0 Å². The van der Waals surface area contributed by atoms with Gasteiger partial charge in [-0.05, 0) is 19.1 Å². The molecule has 0 radical (unpaired) electrons. The van der Waals surface area contributed by atoms with Gasteiger partial charge < -0.3 is 4.90 Å². The van der Waals surface area contributed by atoms with Crippen molar-refractivity contribution in [3.05, 3.63) is 23.9 Å². The predicted molar refractivity (Wildman–Crippen MR) is 57.8 cm³/mol. The van der Waals surface area contributed by atoms with Gasteiger partial charge in [-0.15, -0.1) is 11.6 Å². The van der Waals surface area contributed by atoms with Crippen molar-refractivity contribution in [1.29, 1.82) is 0 Å². The van der Waals surface area contributed by atoms with E-state index < -0.39 is 11.9 Å². The molecule has 0 aliphatic rings. The van der Waals surface area contributed by atoms with Gasteiger partial charge in [0.05, 0.1) is 0 Å². The number of hydrogen-bond donors (Lipinski definition) is 0. The fourth-order valence-electron chi connectivity index (χ4n) is 1.11. The van der Waals surface area contributed by atoms with E-state index in [9.17, 15) is 13.2 Å². The first-order chi connectivity index (χ1) is 7.36. The van der Waals surface area contributed by atoms with E-state index >= 15 is 0 Å². The molecule has 0 fully saturated rings. The smallest absolute Gasteiger partial charge is 0.356 e. The highest BCUT2D eigenvalue weighted by atomic mass is 35.5. The summed E-state index contributed by atoms with van der Waals surface area (Å²) in [7, 11) is 1.66. The number of rotatable bonds is 3. The molecule has 1 rings (SSSR count). The van der Waals surface area contributed by atoms with Gasteiger partial charge in [-0.25, -0.2) is 4.98 Å². The predicted octanol–water partition coefficient (Wildman–Crippen LogP) is 3.16. The lowest BCUT2D eigenvalue weighted by Crippen LogP contribution is -2.31. The summed E-state index contributed by atoms with van der Waals surface area (Å²) in [6, 6.07) is 3.74. The summed E-state index contributed by atoms with van der Waals surface area (Å²) in [5.74, 6) is 0.594. The first-order valence-corrected chi connectivity index (χ1v) is 5.22. The summed E-state index contributed by atoms with van der Waals surface area (Å²) in [5, 5.41) is 0. The van der Waals surface area contributed by atoms with E-state index in [1.165, 1.54) is 12.1 Å². The van der Waals surface area contributed by atoms with Crippen LogP contribution in [0.3, 0.4) is 0 Å². The molecule has 1 atom stereocenters. The van der Waals surface area contributed by atoms with Crippen LogP contribution in [0.5, 0.6) is 0 Å². The third-order valence-electron chi connectivity index (χ3n) is 2.27. The maximum absolute atomic E-state index is 12.4. The third kappa shape index (κ3) is 3.01. The molecule has 0 bridgehead atoms. The molecule has 90 valence electrons. The second-order valence-corrected chi connectivity index (χ2v) is 3.80. The largest absolute Gasteiger partial charge is 0.433 e. The Kier molecular flexibility index (Phi) is 4.02. The quantitative estimate of drug-likeness (QED) is 0.768. The maximum atomic E-state index is 12.4. The lowest BCUT2D eigenvalue weighted by molar-refractivity contribution is -0.141. The van der Waals surface area contributed by atoms with Gasteiger partial charge in [0, 0.05) is 19.0 Å². The van der Waals surface area contributed by atoms with Crippen molar-refractivity contribution in [2.75, 3.05) is 17.8 Å². The average molecular weight is 253 g/mol. The number of hydrogen-bond acceptors (Lipinski definition) is 2. The minimum atomic E-state index is -4.42. The van der Waals surface area contributed by atoms with Crippen molar-refractivity contribution < 1.29 is 13.2 Å². The van der Waals surface area contributed by atoms with E-state index in [0.29, 0.717) is 5.88 Å². The Morgan fingerprint density at radius 2 is 2.06 bits per heavy atom. The fourth-order valence-corrected chi connectivity index (χ4v) is 1.31. The molecule has 0 spiro atoms. The zero-order valence-electron chi connectivity index (χ0n) is 8.92. The molecule has 0 amide bonds. The maximum Gasteiger partial charge on any atom is 0.433 e. The standard InChI is InChI=1S/C10H12ClF3N2/c1-7(6-11)16(2)9-5-3-4-8(15-9)10(12,13)14/h3-5,7H,6H2,1-2H3. The van der Waals surface area contributed by atoms with Crippen LogP contribution in [0.4, 0.5) is 19.0 Å². The van der Waals surface area contributed by atoms with Crippen molar-refractivity contribution in [3.8, 4) is 0 Å².